The van der Waals surface area contributed by atoms with Gasteiger partial charge >= 0.3 is 6.03 Å². The van der Waals surface area contributed by atoms with Crippen LogP contribution in [0.4, 0.5) is 16.2 Å². The first-order chi connectivity index (χ1) is 18.1. The molecule has 0 unspecified atom stereocenters. The molecule has 188 valence electrons. The Kier molecular flexibility index (Phi) is 7.38. The maximum Gasteiger partial charge on any atom is 0.323 e. The minimum Gasteiger partial charge on any atom is -0.493 e. The molecule has 0 saturated heterocycles. The van der Waals surface area contributed by atoms with Gasteiger partial charge in [0.25, 0.3) is 0 Å². The highest BCUT2D eigenvalue weighted by Crippen LogP contribution is 2.33. The molecule has 0 spiro atoms. The fourth-order valence-electron chi connectivity index (χ4n) is 4.70. The zero-order valence-corrected chi connectivity index (χ0v) is 21.2. The number of urea groups is 1. The third-order valence-corrected chi connectivity index (χ3v) is 6.66. The molecule has 1 aliphatic heterocycles. The average molecular weight is 494 g/mol. The van der Waals surface area contributed by atoms with Gasteiger partial charge in [0, 0.05) is 31.0 Å². The minimum atomic E-state index is -0.263. The molecule has 0 saturated carbocycles. The summed E-state index contributed by atoms with van der Waals surface area (Å²) in [6.45, 7) is 2.80. The third kappa shape index (κ3) is 5.93. The van der Waals surface area contributed by atoms with E-state index in [1.165, 1.54) is 16.7 Å². The molecule has 6 nitrogen and oxygen atoms in total. The van der Waals surface area contributed by atoms with Crippen molar-refractivity contribution in [1.29, 1.82) is 0 Å². The van der Waals surface area contributed by atoms with Gasteiger partial charge in [-0.05, 0) is 70.6 Å². The van der Waals surface area contributed by atoms with Gasteiger partial charge in [-0.2, -0.15) is 0 Å². The van der Waals surface area contributed by atoms with Crippen molar-refractivity contribution in [3.8, 4) is 22.6 Å². The van der Waals surface area contributed by atoms with Crippen LogP contribution >= 0.6 is 0 Å². The molecule has 0 atom stereocenters. The summed E-state index contributed by atoms with van der Waals surface area (Å²) in [7, 11) is 3.36. The van der Waals surface area contributed by atoms with Crippen molar-refractivity contribution >= 4 is 17.4 Å². The Labute approximate surface area is 217 Å². The lowest BCUT2D eigenvalue weighted by atomic mass is 9.98. The highest BCUT2D eigenvalue weighted by Gasteiger charge is 2.19. The molecular formula is C31H31N3O3. The van der Waals surface area contributed by atoms with Crippen LogP contribution in [-0.4, -0.2) is 31.7 Å². The van der Waals surface area contributed by atoms with Gasteiger partial charge in [-0.25, -0.2) is 4.79 Å². The molecule has 2 amide bonds. The van der Waals surface area contributed by atoms with Gasteiger partial charge in [0.1, 0.15) is 0 Å². The number of para-hydroxylation sites is 1. The molecule has 37 heavy (non-hydrogen) atoms. The lowest BCUT2D eigenvalue weighted by Gasteiger charge is -2.29. The van der Waals surface area contributed by atoms with E-state index in [1.54, 1.807) is 14.2 Å². The zero-order valence-electron chi connectivity index (χ0n) is 21.2. The van der Waals surface area contributed by atoms with E-state index in [0.717, 1.165) is 60.1 Å². The summed E-state index contributed by atoms with van der Waals surface area (Å²) in [6, 6.07) is 29.9. The van der Waals surface area contributed by atoms with Gasteiger partial charge < -0.3 is 20.1 Å². The fourth-order valence-corrected chi connectivity index (χ4v) is 4.70. The third-order valence-electron chi connectivity index (χ3n) is 6.66. The predicted molar refractivity (Wildman–Crippen MR) is 148 cm³/mol. The topological polar surface area (TPSA) is 62.8 Å². The number of methoxy groups -OCH3 is 2. The first-order valence-corrected chi connectivity index (χ1v) is 12.4. The number of carbonyl (C=O) groups excluding carboxylic acids is 1. The lowest BCUT2D eigenvalue weighted by Crippen LogP contribution is -2.30. The number of benzene rings is 4. The molecule has 0 bridgehead atoms. The fraction of sp³-hybridized carbons (Fsp3) is 0.194. The molecule has 5 rings (SSSR count). The van der Waals surface area contributed by atoms with E-state index in [0.29, 0.717) is 0 Å². The summed E-state index contributed by atoms with van der Waals surface area (Å²) in [5.74, 6) is 1.58. The highest BCUT2D eigenvalue weighted by atomic mass is 16.5. The molecule has 4 aromatic rings. The van der Waals surface area contributed by atoms with E-state index in [4.69, 9.17) is 9.47 Å². The molecule has 0 radical (unpaired) electrons. The molecule has 1 heterocycles. The predicted octanol–water partition coefficient (Wildman–Crippen LogP) is 6.57. The maximum absolute atomic E-state index is 12.2. The van der Waals surface area contributed by atoms with E-state index in [1.807, 2.05) is 54.6 Å². The zero-order chi connectivity index (χ0) is 25.6. The van der Waals surface area contributed by atoms with Crippen molar-refractivity contribution in [3.63, 3.8) is 0 Å². The van der Waals surface area contributed by atoms with Crippen LogP contribution in [0.3, 0.4) is 0 Å². The van der Waals surface area contributed by atoms with Gasteiger partial charge in [-0.15, -0.1) is 0 Å². The molecule has 0 fully saturated rings. The summed E-state index contributed by atoms with van der Waals surface area (Å²) >= 11 is 0. The molecule has 0 aliphatic carbocycles. The maximum atomic E-state index is 12.2. The van der Waals surface area contributed by atoms with Crippen LogP contribution in [-0.2, 0) is 19.5 Å². The second-order valence-electron chi connectivity index (χ2n) is 9.16. The van der Waals surface area contributed by atoms with Crippen molar-refractivity contribution in [1.82, 2.24) is 4.90 Å². The number of ether oxygens (including phenoxy) is 2. The van der Waals surface area contributed by atoms with Crippen molar-refractivity contribution < 1.29 is 14.3 Å². The van der Waals surface area contributed by atoms with Crippen molar-refractivity contribution in [2.45, 2.75) is 19.5 Å². The van der Waals surface area contributed by atoms with Crippen molar-refractivity contribution in [2.75, 3.05) is 31.4 Å². The second-order valence-corrected chi connectivity index (χ2v) is 9.16. The van der Waals surface area contributed by atoms with Crippen LogP contribution in [0.5, 0.6) is 11.5 Å². The van der Waals surface area contributed by atoms with Gasteiger partial charge in [-0.1, -0.05) is 54.6 Å². The van der Waals surface area contributed by atoms with Crippen LogP contribution in [0.15, 0.2) is 91.0 Å². The van der Waals surface area contributed by atoms with Crippen LogP contribution in [0.25, 0.3) is 11.1 Å². The number of fused-ring (bicyclic) bond motifs is 1. The Morgan fingerprint density at radius 2 is 1.32 bits per heavy atom. The largest absolute Gasteiger partial charge is 0.493 e. The minimum absolute atomic E-state index is 0.263. The summed E-state index contributed by atoms with van der Waals surface area (Å²) in [5, 5.41) is 5.70. The van der Waals surface area contributed by atoms with Crippen LogP contribution in [0.1, 0.15) is 16.7 Å². The van der Waals surface area contributed by atoms with Gasteiger partial charge in [0.2, 0.25) is 0 Å². The highest BCUT2D eigenvalue weighted by molar-refractivity contribution is 5.99. The van der Waals surface area contributed by atoms with Crippen molar-refractivity contribution in [2.24, 2.45) is 0 Å². The average Bonchev–Trinajstić information content (AvgIpc) is 2.93. The quantitative estimate of drug-likeness (QED) is 0.306. The first-order valence-electron chi connectivity index (χ1n) is 12.4. The van der Waals surface area contributed by atoms with E-state index in [2.05, 4.69) is 51.9 Å². The van der Waals surface area contributed by atoms with Crippen LogP contribution < -0.4 is 20.1 Å². The summed E-state index contributed by atoms with van der Waals surface area (Å²) < 4.78 is 11.0. The number of hydrogen-bond acceptors (Lipinski definition) is 4. The Morgan fingerprint density at radius 1 is 0.757 bits per heavy atom. The van der Waals surface area contributed by atoms with E-state index in [9.17, 15) is 4.79 Å². The monoisotopic (exact) mass is 493 g/mol. The molecule has 2 N–H and O–H groups in total. The second kappa shape index (κ2) is 11.2. The molecule has 4 aromatic carbocycles. The standard InChI is InChI=1S/C31H31N3O3/c1-36-29-18-25-16-17-34(21-26(25)19-30(29)37-2)20-22-8-10-23(11-9-22)24-12-14-28(15-13-24)33-31(35)32-27-6-4-3-5-7-27/h3-15,18-19H,16-17,20-21H2,1-2H3,(H2,32,33,35). The Hall–Kier alpha value is -4.29. The summed E-state index contributed by atoms with van der Waals surface area (Å²) in [5.41, 5.74) is 7.66. The van der Waals surface area contributed by atoms with Gasteiger partial charge in [0.05, 0.1) is 14.2 Å². The molecule has 0 aromatic heterocycles. The number of anilines is 2. The smallest absolute Gasteiger partial charge is 0.323 e. The van der Waals surface area contributed by atoms with Crippen LogP contribution in [0.2, 0.25) is 0 Å². The Balaban J connectivity index is 1.18. The molecule has 6 heteroatoms. The van der Waals surface area contributed by atoms with Crippen LogP contribution in [0, 0.1) is 0 Å². The number of nitrogens with zero attached hydrogens (tertiary/aromatic N) is 1. The van der Waals surface area contributed by atoms with Gasteiger partial charge in [-0.3, -0.25) is 4.90 Å². The molecule has 1 aliphatic rings. The number of nitrogens with one attached hydrogen (secondary N) is 2. The van der Waals surface area contributed by atoms with E-state index < -0.39 is 0 Å². The van der Waals surface area contributed by atoms with E-state index >= 15 is 0 Å². The lowest BCUT2D eigenvalue weighted by molar-refractivity contribution is 0.244. The number of rotatable bonds is 7. The van der Waals surface area contributed by atoms with Crippen molar-refractivity contribution in [3.05, 3.63) is 108 Å². The number of amides is 2. The Bertz CT molecular complexity index is 1350. The van der Waals surface area contributed by atoms with E-state index in [-0.39, 0.29) is 6.03 Å². The summed E-state index contributed by atoms with van der Waals surface area (Å²) in [4.78, 5) is 14.7. The Morgan fingerprint density at radius 3 is 1.95 bits per heavy atom. The number of carbonyl (C=O) groups is 1. The number of hydrogen-bond donors (Lipinski definition) is 2. The first kappa shape index (κ1) is 24.4. The molecular weight excluding hydrogens is 462 g/mol. The van der Waals surface area contributed by atoms with Gasteiger partial charge in [0.15, 0.2) is 11.5 Å². The normalized spacial score (nSPS) is 12.9. The SMILES string of the molecule is COc1cc2c(cc1OC)CN(Cc1ccc(-c3ccc(NC(=O)Nc4ccccc4)cc3)cc1)CC2. The summed E-state index contributed by atoms with van der Waals surface area (Å²) in [6.07, 6.45) is 0.998.